The van der Waals surface area contributed by atoms with Gasteiger partial charge in [0.15, 0.2) is 37.7 Å². The van der Waals surface area contributed by atoms with Crippen LogP contribution in [0.2, 0.25) is 18.1 Å². The zero-order valence-corrected chi connectivity index (χ0v) is 38.1. The van der Waals surface area contributed by atoms with Gasteiger partial charge in [0.25, 0.3) is 5.91 Å². The molecular weight excluding hydrogens is 906 g/mol. The van der Waals surface area contributed by atoms with Crippen molar-refractivity contribution in [1.29, 1.82) is 5.26 Å². The highest BCUT2D eigenvalue weighted by molar-refractivity contribution is 8.07. The molecule has 27 heteroatoms. The van der Waals surface area contributed by atoms with Crippen molar-refractivity contribution in [2.75, 3.05) is 25.1 Å². The number of alkyl halides is 1. The fourth-order valence-electron chi connectivity index (χ4n) is 6.80. The molecule has 1 aromatic carbocycles. The Labute approximate surface area is 365 Å². The fraction of sp³-hybridized carbons (Fsp3) is 0.500. The first-order valence-corrected chi connectivity index (χ1v) is 26.2. The first-order chi connectivity index (χ1) is 29.9. The summed E-state index contributed by atoms with van der Waals surface area (Å²) in [5.74, 6) is -0.407. The standard InChI is InChI=1S/C36H45FN10O12P2SSi/c1-36(2,3)63(4,5)59-29-24(55-27(30(29)57-60(51)52)21-14-43-47-22(21)15-42-45-35(47)50)17-54-61(62,53-13-9-12-38)58-28-23(16-48)56-34(25(28)37)46-19-41-26-31(39-18-40-32(26)46)44-33(49)20-10-7-6-8-11-20/h6-8,10-11,14-15,18-19,23-25,27-30,34,48,60H,9,13,16-17H2,1-5H3,(H,45,50)(H,51,52)(H,39,40,44,49)/t23-,24-,25-,27+,28-,29-,30+,34-,61?/m1/s1. The van der Waals surface area contributed by atoms with Crippen molar-refractivity contribution in [1.82, 2.24) is 39.3 Å². The number of aromatic amines is 1. The van der Waals surface area contributed by atoms with Crippen LogP contribution in [0, 0.1) is 11.3 Å². The number of carbonyl (C=O) groups excluding carboxylic acids is 1. The van der Waals surface area contributed by atoms with Gasteiger partial charge >= 0.3 is 20.7 Å². The summed E-state index contributed by atoms with van der Waals surface area (Å²) >= 11 is 5.83. The van der Waals surface area contributed by atoms with Crippen LogP contribution < -0.4 is 11.0 Å². The number of hydrogen-bond acceptors (Lipinski definition) is 18. The highest BCUT2D eigenvalue weighted by Crippen LogP contribution is 2.55. The minimum atomic E-state index is -4.11. The summed E-state index contributed by atoms with van der Waals surface area (Å²) in [6.45, 7) is 4.29. The molecule has 22 nitrogen and oxygen atoms in total. The fourth-order valence-corrected chi connectivity index (χ4v) is 10.7. The lowest BCUT2D eigenvalue weighted by molar-refractivity contribution is -0.0479. The molecule has 2 aliphatic heterocycles. The highest BCUT2D eigenvalue weighted by Gasteiger charge is 2.54. The maximum absolute atomic E-state index is 16.8. The first kappa shape index (κ1) is 46.7. The molecule has 0 saturated carbocycles. The SMILES string of the molecule is CC(C)(C)[Si](C)(C)O[C@H]1[C@@H](O[PH](=O)O)[C@H](c2cnn3c(=O)[nH]ncc23)O[C@@H]1COP(=S)(OCCC#N)O[C@H]1[C@@H](F)[C@H](n2cnc3c(NC(=O)c4ccccc4)ncnc32)O[C@@H]1CO. The molecule has 0 radical (unpaired) electrons. The van der Waals surface area contributed by atoms with Crippen LogP contribution in [0.15, 0.2) is 60.2 Å². The molecular formula is C36H45FN10O12P2SSi. The Balaban J connectivity index is 1.17. The molecule has 2 fully saturated rings. The molecule has 6 heterocycles. The number of carbonyl (C=O) groups is 1. The van der Waals surface area contributed by atoms with Gasteiger partial charge in [-0.3, -0.25) is 18.5 Å². The second-order valence-corrected chi connectivity index (χ2v) is 24.5. The highest BCUT2D eigenvalue weighted by atomic mass is 32.5. The lowest BCUT2D eigenvalue weighted by atomic mass is 10.0. The zero-order valence-electron chi connectivity index (χ0n) is 34.4. The number of hydrogen-bond donors (Lipinski definition) is 4. The Morgan fingerprint density at radius 3 is 2.59 bits per heavy atom. The third kappa shape index (κ3) is 9.88. The average Bonchev–Trinajstić information content (AvgIpc) is 4.02. The number of fused-ring (bicyclic) bond motifs is 2. The molecule has 0 spiro atoms. The van der Waals surface area contributed by atoms with E-state index < -0.39 is 97.1 Å². The van der Waals surface area contributed by atoms with Gasteiger partial charge in [-0.05, 0) is 42.1 Å². The Kier molecular flexibility index (Phi) is 14.1. The van der Waals surface area contributed by atoms with Crippen molar-refractivity contribution in [2.45, 2.75) is 94.3 Å². The molecule has 2 saturated heterocycles. The Bertz CT molecular complexity index is 2610. The number of nitrogens with zero attached hydrogens (tertiary/aromatic N) is 8. The van der Waals surface area contributed by atoms with E-state index in [1.165, 1.54) is 23.3 Å². The first-order valence-electron chi connectivity index (χ1n) is 19.5. The smallest absolute Gasteiger partial charge is 0.363 e. The summed E-state index contributed by atoms with van der Waals surface area (Å²) in [4.78, 5) is 48.3. The van der Waals surface area contributed by atoms with E-state index in [0.29, 0.717) is 5.56 Å². The van der Waals surface area contributed by atoms with Crippen molar-refractivity contribution in [3.63, 3.8) is 0 Å². The van der Waals surface area contributed by atoms with Gasteiger partial charge in [0, 0.05) is 11.1 Å². The van der Waals surface area contributed by atoms with E-state index in [1.54, 1.807) is 30.3 Å². The molecule has 5 aromatic rings. The van der Waals surface area contributed by atoms with Gasteiger partial charge in [0.2, 0.25) is 0 Å². The van der Waals surface area contributed by atoms with Gasteiger partial charge < -0.3 is 42.8 Å². The second kappa shape index (κ2) is 19.1. The topological polar surface area (TPSA) is 282 Å². The third-order valence-electron chi connectivity index (χ3n) is 10.9. The number of halogens is 1. The molecule has 2 unspecified atom stereocenters. The van der Waals surface area contributed by atoms with Gasteiger partial charge in [-0.2, -0.15) is 20.0 Å². The number of H-pyrrole nitrogens is 1. The second-order valence-electron chi connectivity index (χ2n) is 16.0. The van der Waals surface area contributed by atoms with Crippen molar-refractivity contribution < 1.29 is 55.7 Å². The maximum atomic E-state index is 16.8. The van der Waals surface area contributed by atoms with Gasteiger partial charge in [-0.1, -0.05) is 39.0 Å². The Morgan fingerprint density at radius 2 is 1.89 bits per heavy atom. The molecule has 7 rings (SSSR count). The van der Waals surface area contributed by atoms with Crippen LogP contribution in [0.25, 0.3) is 16.7 Å². The van der Waals surface area contributed by atoms with Crippen molar-refractivity contribution in [3.8, 4) is 6.07 Å². The lowest BCUT2D eigenvalue weighted by Gasteiger charge is -2.40. The van der Waals surface area contributed by atoms with Crippen LogP contribution in [0.1, 0.15) is 55.4 Å². The quantitative estimate of drug-likeness (QED) is 0.0584. The van der Waals surface area contributed by atoms with Crippen molar-refractivity contribution >= 4 is 63.5 Å². The third-order valence-corrected chi connectivity index (χ3v) is 18.2. The molecule has 1 amide bonds. The number of benzene rings is 1. The van der Waals surface area contributed by atoms with Gasteiger partial charge in [0.05, 0.1) is 56.5 Å². The molecule has 63 heavy (non-hydrogen) atoms. The van der Waals surface area contributed by atoms with Gasteiger partial charge in [-0.15, -0.1) is 0 Å². The Morgan fingerprint density at radius 1 is 1.13 bits per heavy atom. The van der Waals surface area contributed by atoms with Gasteiger partial charge in [-0.25, -0.2) is 29.2 Å². The van der Waals surface area contributed by atoms with E-state index in [-0.39, 0.29) is 46.1 Å². The maximum Gasteiger partial charge on any atom is 0.363 e. The van der Waals surface area contributed by atoms with Crippen LogP contribution in [-0.2, 0) is 48.4 Å². The summed E-state index contributed by atoms with van der Waals surface area (Å²) in [6, 6.07) is 10.4. The van der Waals surface area contributed by atoms with E-state index >= 15 is 4.39 Å². The number of anilines is 1. The summed E-state index contributed by atoms with van der Waals surface area (Å²) < 4.78 is 74.7. The summed E-state index contributed by atoms with van der Waals surface area (Å²) in [7, 11) is -6.38. The van der Waals surface area contributed by atoms with E-state index in [0.717, 1.165) is 10.8 Å². The molecule has 4 N–H and O–H groups in total. The summed E-state index contributed by atoms with van der Waals surface area (Å²) in [6.07, 6.45) is -6.19. The zero-order chi connectivity index (χ0) is 45.3. The predicted octanol–water partition coefficient (Wildman–Crippen LogP) is 3.89. The van der Waals surface area contributed by atoms with Crippen molar-refractivity contribution in [3.05, 3.63) is 77.0 Å². The van der Waals surface area contributed by atoms with E-state index in [4.69, 9.17) is 43.8 Å². The largest absolute Gasteiger partial charge is 0.408 e. The predicted molar refractivity (Wildman–Crippen MR) is 226 cm³/mol. The number of ether oxygens (including phenoxy) is 2. The van der Waals surface area contributed by atoms with E-state index in [1.807, 2.05) is 39.9 Å². The Hall–Kier alpha value is -4.25. The van der Waals surface area contributed by atoms with Crippen molar-refractivity contribution in [2.24, 2.45) is 0 Å². The molecule has 10 atom stereocenters. The monoisotopic (exact) mass is 950 g/mol. The molecule has 4 aromatic heterocycles. The van der Waals surface area contributed by atoms with Crippen LogP contribution in [0.4, 0.5) is 10.2 Å². The number of aliphatic hydroxyl groups excluding tert-OH is 1. The number of nitriles is 1. The number of aromatic nitrogens is 8. The number of aliphatic hydroxyl groups is 1. The molecule has 338 valence electrons. The van der Waals surface area contributed by atoms with Crippen LogP contribution in [0.3, 0.4) is 0 Å². The number of rotatable bonds is 17. The van der Waals surface area contributed by atoms with E-state index in [9.17, 15) is 29.4 Å². The summed E-state index contributed by atoms with van der Waals surface area (Å²) in [5, 5.41) is 32.4. The number of amides is 1. The minimum Gasteiger partial charge on any atom is -0.408 e. The van der Waals surface area contributed by atoms with Crippen LogP contribution in [0.5, 0.6) is 0 Å². The molecule has 2 aliphatic rings. The minimum absolute atomic E-state index is 0.0561. The van der Waals surface area contributed by atoms with Gasteiger partial charge in [0.1, 0.15) is 43.0 Å². The summed E-state index contributed by atoms with van der Waals surface area (Å²) in [5.41, 5.74) is 0.444. The lowest BCUT2D eigenvalue weighted by Crippen LogP contribution is -2.50. The molecule has 0 aliphatic carbocycles. The number of imidazole rings is 1. The van der Waals surface area contributed by atoms with Crippen LogP contribution in [-0.4, -0.2) is 120 Å². The average molecular weight is 951 g/mol. The van der Waals surface area contributed by atoms with E-state index in [2.05, 4.69) is 35.6 Å². The normalized spacial score (nSPS) is 25.6. The van der Waals surface area contributed by atoms with Crippen LogP contribution >= 0.6 is 15.0 Å². The number of nitrogens with one attached hydrogen (secondary N) is 2. The molecule has 0 bridgehead atoms.